The van der Waals surface area contributed by atoms with E-state index in [1.54, 1.807) is 4.90 Å². The van der Waals surface area contributed by atoms with Crippen molar-refractivity contribution in [3.8, 4) is 0 Å². The van der Waals surface area contributed by atoms with Crippen LogP contribution >= 0.6 is 0 Å². The van der Waals surface area contributed by atoms with Crippen LogP contribution in [0.2, 0.25) is 0 Å². The number of carboxylic acids is 1. The highest BCUT2D eigenvalue weighted by atomic mass is 16.4. The number of amides is 2. The van der Waals surface area contributed by atoms with Crippen molar-refractivity contribution >= 4 is 12.0 Å². The summed E-state index contributed by atoms with van der Waals surface area (Å²) in [6, 6.07) is 0.0727. The van der Waals surface area contributed by atoms with Crippen LogP contribution < -0.4 is 5.32 Å². The molecule has 0 spiro atoms. The van der Waals surface area contributed by atoms with Gasteiger partial charge < -0.3 is 20.2 Å². The third-order valence-corrected chi connectivity index (χ3v) is 5.13. The lowest BCUT2D eigenvalue weighted by molar-refractivity contribution is -0.146. The molecule has 6 nitrogen and oxygen atoms in total. The van der Waals surface area contributed by atoms with E-state index in [2.05, 4.69) is 24.1 Å². The van der Waals surface area contributed by atoms with E-state index in [1.807, 2.05) is 7.05 Å². The Bertz CT molecular complexity index is 405. The van der Waals surface area contributed by atoms with Crippen LogP contribution in [0.15, 0.2) is 0 Å². The van der Waals surface area contributed by atoms with E-state index in [0.29, 0.717) is 37.9 Å². The number of piperazine rings is 1. The summed E-state index contributed by atoms with van der Waals surface area (Å²) in [5, 5.41) is 12.4. The summed E-state index contributed by atoms with van der Waals surface area (Å²) < 4.78 is 0. The van der Waals surface area contributed by atoms with Gasteiger partial charge >= 0.3 is 12.0 Å². The number of nitrogens with one attached hydrogen (secondary N) is 1. The summed E-state index contributed by atoms with van der Waals surface area (Å²) in [5.74, 6) is -0.358. The fraction of sp³-hybridized carbons (Fsp3) is 0.867. The number of rotatable bonds is 2. The number of carbonyl (C=O) groups is 2. The number of nitrogens with zero attached hydrogens (tertiary/aromatic N) is 2. The van der Waals surface area contributed by atoms with Gasteiger partial charge in [0.25, 0.3) is 0 Å². The first-order valence-corrected chi connectivity index (χ1v) is 7.85. The highest BCUT2D eigenvalue weighted by Gasteiger charge is 2.43. The normalized spacial score (nSPS) is 34.5. The average Bonchev–Trinajstić information content (AvgIpc) is 2.44. The topological polar surface area (TPSA) is 72.9 Å². The number of urea groups is 1. The lowest BCUT2D eigenvalue weighted by Gasteiger charge is -2.41. The number of carboxylic acid groups (broad SMARTS) is 1. The second-order valence-corrected chi connectivity index (χ2v) is 6.78. The van der Waals surface area contributed by atoms with Gasteiger partial charge in [-0.1, -0.05) is 6.92 Å². The lowest BCUT2D eigenvalue weighted by Crippen LogP contribution is -2.62. The molecule has 2 rings (SSSR count). The minimum absolute atomic E-state index is 0.230. The molecule has 2 aliphatic rings. The maximum atomic E-state index is 12.4. The van der Waals surface area contributed by atoms with Crippen LogP contribution in [0.3, 0.4) is 0 Å². The molecule has 0 aromatic heterocycles. The van der Waals surface area contributed by atoms with Crippen LogP contribution in [0.25, 0.3) is 0 Å². The summed E-state index contributed by atoms with van der Waals surface area (Å²) >= 11 is 0. The Morgan fingerprint density at radius 3 is 2.33 bits per heavy atom. The highest BCUT2D eigenvalue weighted by Crippen LogP contribution is 2.32. The molecule has 0 aromatic carbocycles. The second kappa shape index (κ2) is 6.22. The number of aliphatic carboxylic acids is 1. The minimum atomic E-state index is -1.07. The Kier molecular flexibility index (Phi) is 4.76. The van der Waals surface area contributed by atoms with Crippen molar-refractivity contribution in [1.29, 1.82) is 0 Å². The average molecular weight is 297 g/mol. The largest absolute Gasteiger partial charge is 0.480 e. The third kappa shape index (κ3) is 3.48. The van der Waals surface area contributed by atoms with Gasteiger partial charge in [-0.05, 0) is 45.6 Å². The predicted molar refractivity (Wildman–Crippen MR) is 80.2 cm³/mol. The van der Waals surface area contributed by atoms with Crippen molar-refractivity contribution in [2.45, 2.75) is 51.1 Å². The highest BCUT2D eigenvalue weighted by molar-refractivity contribution is 5.86. The molecule has 2 fully saturated rings. The van der Waals surface area contributed by atoms with Crippen LogP contribution in [-0.4, -0.2) is 65.2 Å². The standard InChI is InChI=1S/C15H27N3O3/c1-11-4-6-15(7-5-11,13(19)20)16-14(21)18-9-8-17(3)12(2)10-18/h11-12H,4-10H2,1-3H3,(H,16,21)(H,19,20). The van der Waals surface area contributed by atoms with E-state index in [4.69, 9.17) is 0 Å². The van der Waals surface area contributed by atoms with E-state index >= 15 is 0 Å². The number of carbonyl (C=O) groups excluding carboxylic acids is 1. The van der Waals surface area contributed by atoms with E-state index in [1.165, 1.54) is 0 Å². The van der Waals surface area contributed by atoms with E-state index < -0.39 is 11.5 Å². The first kappa shape index (κ1) is 16.1. The first-order chi connectivity index (χ1) is 9.84. The fourth-order valence-electron chi connectivity index (χ4n) is 3.16. The molecular formula is C15H27N3O3. The van der Waals surface area contributed by atoms with Gasteiger partial charge in [-0.3, -0.25) is 0 Å². The van der Waals surface area contributed by atoms with Crippen LogP contribution in [0.1, 0.15) is 39.5 Å². The maximum absolute atomic E-state index is 12.4. The molecule has 1 aliphatic heterocycles. The van der Waals surface area contributed by atoms with Crippen LogP contribution in [0.4, 0.5) is 4.79 Å². The molecule has 6 heteroatoms. The lowest BCUT2D eigenvalue weighted by atomic mass is 9.77. The molecule has 1 saturated carbocycles. The van der Waals surface area contributed by atoms with Crippen LogP contribution in [0.5, 0.6) is 0 Å². The molecule has 2 N–H and O–H groups in total. The molecule has 1 atom stereocenters. The SMILES string of the molecule is CC1CCC(NC(=O)N2CCN(C)C(C)C2)(C(=O)O)CC1. The van der Waals surface area contributed by atoms with Gasteiger partial charge in [0.05, 0.1) is 0 Å². The Balaban J connectivity index is 2.00. The fourth-order valence-corrected chi connectivity index (χ4v) is 3.16. The first-order valence-electron chi connectivity index (χ1n) is 7.85. The maximum Gasteiger partial charge on any atom is 0.329 e. The van der Waals surface area contributed by atoms with Crippen molar-refractivity contribution in [3.63, 3.8) is 0 Å². The number of likely N-dealkylation sites (N-methyl/N-ethyl adjacent to an activating group) is 1. The molecule has 0 aromatic rings. The summed E-state index contributed by atoms with van der Waals surface area (Å²) in [5.41, 5.74) is -1.07. The van der Waals surface area contributed by atoms with E-state index in [9.17, 15) is 14.7 Å². The molecule has 21 heavy (non-hydrogen) atoms. The molecule has 1 unspecified atom stereocenters. The molecule has 1 saturated heterocycles. The van der Waals surface area contributed by atoms with Gasteiger partial charge in [-0.2, -0.15) is 0 Å². The monoisotopic (exact) mass is 297 g/mol. The van der Waals surface area contributed by atoms with Crippen molar-refractivity contribution in [1.82, 2.24) is 15.1 Å². The summed E-state index contributed by atoms with van der Waals surface area (Å²) in [4.78, 5) is 28.1. The molecule has 0 radical (unpaired) electrons. The van der Waals surface area contributed by atoms with Crippen molar-refractivity contribution in [3.05, 3.63) is 0 Å². The minimum Gasteiger partial charge on any atom is -0.480 e. The Morgan fingerprint density at radius 1 is 1.19 bits per heavy atom. The zero-order chi connectivity index (χ0) is 15.6. The van der Waals surface area contributed by atoms with Gasteiger partial charge in [-0.15, -0.1) is 0 Å². The second-order valence-electron chi connectivity index (χ2n) is 6.78. The quantitative estimate of drug-likeness (QED) is 0.807. The van der Waals surface area contributed by atoms with Gasteiger partial charge in [0.2, 0.25) is 0 Å². The third-order valence-electron chi connectivity index (χ3n) is 5.13. The van der Waals surface area contributed by atoms with Crippen molar-refractivity contribution < 1.29 is 14.7 Å². The molecule has 1 heterocycles. The van der Waals surface area contributed by atoms with Crippen molar-refractivity contribution in [2.75, 3.05) is 26.7 Å². The van der Waals surface area contributed by atoms with Crippen LogP contribution in [-0.2, 0) is 4.79 Å². The smallest absolute Gasteiger partial charge is 0.329 e. The molecule has 120 valence electrons. The Hall–Kier alpha value is -1.30. The Labute approximate surface area is 126 Å². The molecule has 0 bridgehead atoms. The summed E-state index contributed by atoms with van der Waals surface area (Å²) in [6.07, 6.45) is 2.76. The van der Waals surface area contributed by atoms with Gasteiger partial charge in [0.1, 0.15) is 5.54 Å². The van der Waals surface area contributed by atoms with Gasteiger partial charge in [0.15, 0.2) is 0 Å². The summed E-state index contributed by atoms with van der Waals surface area (Å²) in [7, 11) is 2.04. The van der Waals surface area contributed by atoms with Crippen molar-refractivity contribution in [2.24, 2.45) is 5.92 Å². The van der Waals surface area contributed by atoms with Crippen LogP contribution in [0, 0.1) is 5.92 Å². The number of hydrogen-bond acceptors (Lipinski definition) is 3. The predicted octanol–water partition coefficient (Wildman–Crippen LogP) is 1.37. The Morgan fingerprint density at radius 2 is 1.81 bits per heavy atom. The summed E-state index contributed by atoms with van der Waals surface area (Å²) in [6.45, 7) is 6.34. The number of hydrogen-bond donors (Lipinski definition) is 2. The zero-order valence-corrected chi connectivity index (χ0v) is 13.3. The van der Waals surface area contributed by atoms with Gasteiger partial charge in [0, 0.05) is 25.7 Å². The van der Waals surface area contributed by atoms with E-state index in [-0.39, 0.29) is 6.03 Å². The molecule has 2 amide bonds. The zero-order valence-electron chi connectivity index (χ0n) is 13.3. The molecular weight excluding hydrogens is 270 g/mol. The van der Waals surface area contributed by atoms with E-state index in [0.717, 1.165) is 19.4 Å². The van der Waals surface area contributed by atoms with Gasteiger partial charge in [-0.25, -0.2) is 9.59 Å². The molecule has 1 aliphatic carbocycles.